The second kappa shape index (κ2) is 18.6. The summed E-state index contributed by atoms with van der Waals surface area (Å²) in [4.78, 5) is 67.1. The second-order valence-corrected chi connectivity index (χ2v) is 17.7. The van der Waals surface area contributed by atoms with E-state index in [2.05, 4.69) is 26.5 Å². The molecule has 1 unspecified atom stereocenters. The van der Waals surface area contributed by atoms with Gasteiger partial charge in [0.05, 0.1) is 47.9 Å². The van der Waals surface area contributed by atoms with Gasteiger partial charge in [0.15, 0.2) is 11.4 Å². The molecule has 17 nitrogen and oxygen atoms in total. The first-order valence-electron chi connectivity index (χ1n) is 20.6. The minimum atomic E-state index is -3.40. The van der Waals surface area contributed by atoms with E-state index in [-0.39, 0.29) is 49.5 Å². The number of halogens is 4. The molecular weight excluding hydrogens is 865 g/mol. The van der Waals surface area contributed by atoms with Crippen LogP contribution in [0, 0.1) is 0 Å². The topological polar surface area (TPSA) is 216 Å². The first-order chi connectivity index (χ1) is 30.3. The third-order valence-corrected chi connectivity index (χ3v) is 9.97. The standard InChI is InChI=1S/C22H25F2N3O6.C22H25F2N3O5/c1-21(2,3)33-20(30)27-10-12(8-16(27)19(28)29)32-18-17(22(23,24)9-13-11-31-13)25-14-6-4-5-7-15(14)26-18;1-5-10-22(23,24)17-18(26-15-9-7-6-8-14(15)25-17)31-13-11-16(19(28)29)27(12-13)20(30)32-21(2,3)4/h4-7,12-13,16H,8-11H2,1-3H3,(H,28,29);5-9,13,16H,1,10-12H2,2-4H3,(H,28,29)/t12-,13?,16+;13-,16+/m11/s1. The van der Waals surface area contributed by atoms with Crippen molar-refractivity contribution in [3.63, 3.8) is 0 Å². The molecule has 0 bridgehead atoms. The Hall–Kier alpha value is -6.38. The number of carbonyl (C=O) groups is 4. The van der Waals surface area contributed by atoms with Gasteiger partial charge in [-0.3, -0.25) is 9.80 Å². The molecule has 4 aromatic rings. The van der Waals surface area contributed by atoms with Crippen molar-refractivity contribution < 1.29 is 70.6 Å². The quantitative estimate of drug-likeness (QED) is 0.0800. The fraction of sp³-hybridized carbons (Fsp3) is 0.500. The number of rotatable bonds is 12. The highest BCUT2D eigenvalue weighted by molar-refractivity contribution is 5.82. The fourth-order valence-electron chi connectivity index (χ4n) is 7.05. The Balaban J connectivity index is 0.000000216. The number of aliphatic carboxylic acids is 2. The number of amides is 2. The molecule has 7 rings (SSSR count). The number of allylic oxidation sites excluding steroid dienone is 1. The van der Waals surface area contributed by atoms with Gasteiger partial charge in [-0.05, 0) is 65.8 Å². The number of alkyl halides is 4. The van der Waals surface area contributed by atoms with Crippen LogP contribution in [0.5, 0.6) is 11.8 Å². The maximum atomic E-state index is 15.1. The molecule has 0 saturated carbocycles. The molecule has 21 heteroatoms. The summed E-state index contributed by atoms with van der Waals surface area (Å²) in [6.07, 6.45) is -4.38. The van der Waals surface area contributed by atoms with E-state index in [9.17, 15) is 38.2 Å². The van der Waals surface area contributed by atoms with Crippen LogP contribution in [0.3, 0.4) is 0 Å². The van der Waals surface area contributed by atoms with Crippen molar-refractivity contribution in [1.82, 2.24) is 29.7 Å². The number of para-hydroxylation sites is 4. The third-order valence-electron chi connectivity index (χ3n) is 9.97. The highest BCUT2D eigenvalue weighted by atomic mass is 19.3. The molecule has 2 amide bonds. The lowest BCUT2D eigenvalue weighted by atomic mass is 10.1. The van der Waals surface area contributed by atoms with Gasteiger partial charge in [0.25, 0.3) is 11.8 Å². The normalized spacial score (nSPS) is 21.0. The monoisotopic (exact) mass is 914 g/mol. The Bertz CT molecular complexity index is 2440. The highest BCUT2D eigenvalue weighted by Crippen LogP contribution is 2.42. The average Bonchev–Trinajstić information content (AvgIpc) is 3.71. The summed E-state index contributed by atoms with van der Waals surface area (Å²) in [5.74, 6) is -10.1. The minimum absolute atomic E-state index is 0.111. The van der Waals surface area contributed by atoms with Gasteiger partial charge in [-0.1, -0.05) is 30.3 Å². The molecule has 3 fully saturated rings. The molecule has 2 N–H and O–H groups in total. The van der Waals surface area contributed by atoms with E-state index in [1.165, 1.54) is 0 Å². The SMILES string of the molecule is C=CCC(F)(F)c1nc2ccccc2nc1O[C@@H]1C[C@@H](C(=O)O)N(C(=O)OC(C)(C)C)C1.CC(C)(C)OC(=O)N1C[C@H](Oc2nc3ccccc3nc2C(F)(F)CC2CO2)C[C@H]1C(=O)O. The summed E-state index contributed by atoms with van der Waals surface area (Å²) in [6.45, 7) is 13.2. The van der Waals surface area contributed by atoms with Crippen LogP contribution in [-0.2, 0) is 35.6 Å². The number of ether oxygens (including phenoxy) is 5. The summed E-state index contributed by atoms with van der Waals surface area (Å²) in [7, 11) is 0. The first kappa shape index (κ1) is 48.1. The van der Waals surface area contributed by atoms with Crippen LogP contribution in [0.25, 0.3) is 22.1 Å². The van der Waals surface area contributed by atoms with E-state index in [0.717, 1.165) is 15.9 Å². The number of nitrogens with zero attached hydrogens (tertiary/aromatic N) is 6. The molecule has 65 heavy (non-hydrogen) atoms. The maximum absolute atomic E-state index is 15.1. The molecule has 0 radical (unpaired) electrons. The molecule has 2 aromatic carbocycles. The Morgan fingerprint density at radius 1 is 0.692 bits per heavy atom. The zero-order chi connectivity index (χ0) is 47.6. The summed E-state index contributed by atoms with van der Waals surface area (Å²) >= 11 is 0. The molecule has 5 atom stereocenters. The summed E-state index contributed by atoms with van der Waals surface area (Å²) < 4.78 is 86.7. The van der Waals surface area contributed by atoms with Crippen molar-refractivity contribution in [2.45, 2.75) is 121 Å². The van der Waals surface area contributed by atoms with Crippen molar-refractivity contribution in [2.24, 2.45) is 0 Å². The van der Waals surface area contributed by atoms with E-state index >= 15 is 8.78 Å². The van der Waals surface area contributed by atoms with Crippen molar-refractivity contribution >= 4 is 46.2 Å². The Kier molecular flexibility index (Phi) is 13.8. The van der Waals surface area contributed by atoms with Gasteiger partial charge in [-0.2, -0.15) is 17.6 Å². The van der Waals surface area contributed by atoms with Gasteiger partial charge in [0.2, 0.25) is 11.8 Å². The Morgan fingerprint density at radius 2 is 1.06 bits per heavy atom. The van der Waals surface area contributed by atoms with E-state index in [0.29, 0.717) is 11.0 Å². The van der Waals surface area contributed by atoms with Gasteiger partial charge in [-0.15, -0.1) is 6.58 Å². The highest BCUT2D eigenvalue weighted by Gasteiger charge is 2.48. The number of epoxide rings is 1. The van der Waals surface area contributed by atoms with Crippen molar-refractivity contribution in [2.75, 3.05) is 19.7 Å². The van der Waals surface area contributed by atoms with Crippen LogP contribution in [0.1, 0.15) is 78.6 Å². The molecule has 0 spiro atoms. The molecule has 3 aliphatic heterocycles. The largest absolute Gasteiger partial charge is 0.480 e. The number of fused-ring (bicyclic) bond motifs is 2. The zero-order valence-corrected chi connectivity index (χ0v) is 36.5. The fourth-order valence-corrected chi connectivity index (χ4v) is 7.05. The van der Waals surface area contributed by atoms with Crippen LogP contribution in [0.4, 0.5) is 27.2 Å². The molecule has 3 aliphatic rings. The predicted molar refractivity (Wildman–Crippen MR) is 223 cm³/mol. The Morgan fingerprint density at radius 3 is 1.40 bits per heavy atom. The van der Waals surface area contributed by atoms with Crippen LogP contribution in [0.2, 0.25) is 0 Å². The maximum Gasteiger partial charge on any atom is 0.411 e. The van der Waals surface area contributed by atoms with Crippen molar-refractivity contribution in [1.29, 1.82) is 0 Å². The zero-order valence-electron chi connectivity index (χ0n) is 36.5. The number of likely N-dealkylation sites (tertiary alicyclic amines) is 2. The number of hydrogen-bond acceptors (Lipinski definition) is 13. The Labute approximate surface area is 370 Å². The second-order valence-electron chi connectivity index (χ2n) is 17.7. The van der Waals surface area contributed by atoms with Gasteiger partial charge in [-0.25, -0.2) is 39.1 Å². The smallest absolute Gasteiger partial charge is 0.411 e. The first-order valence-corrected chi connectivity index (χ1v) is 20.6. The van der Waals surface area contributed by atoms with E-state index < -0.39 is 108 Å². The number of aromatic nitrogens is 4. The predicted octanol–water partition coefficient (Wildman–Crippen LogP) is 7.49. The lowest BCUT2D eigenvalue weighted by Crippen LogP contribution is -2.43. The number of hydrogen-bond donors (Lipinski definition) is 2. The lowest BCUT2D eigenvalue weighted by molar-refractivity contribution is -0.142. The molecular formula is C44H50F4N6O11. The minimum Gasteiger partial charge on any atom is -0.480 e. The van der Waals surface area contributed by atoms with Crippen molar-refractivity contribution in [3.05, 3.63) is 72.6 Å². The number of benzene rings is 2. The average molecular weight is 915 g/mol. The van der Waals surface area contributed by atoms with Crippen LogP contribution in [0.15, 0.2) is 61.2 Å². The number of carboxylic acid groups (broad SMARTS) is 2. The number of carboxylic acids is 2. The van der Waals surface area contributed by atoms with Crippen LogP contribution >= 0.6 is 0 Å². The lowest BCUT2D eigenvalue weighted by Gasteiger charge is -2.26. The van der Waals surface area contributed by atoms with Crippen LogP contribution < -0.4 is 9.47 Å². The number of carbonyl (C=O) groups excluding carboxylic acids is 2. The van der Waals surface area contributed by atoms with E-state index in [1.807, 2.05) is 0 Å². The summed E-state index contributed by atoms with van der Waals surface area (Å²) in [5.41, 5.74) is -1.72. The molecule has 350 valence electrons. The third kappa shape index (κ3) is 12.1. The molecule has 0 aliphatic carbocycles. The summed E-state index contributed by atoms with van der Waals surface area (Å²) in [6, 6.07) is 10.6. The van der Waals surface area contributed by atoms with Gasteiger partial charge < -0.3 is 33.9 Å². The van der Waals surface area contributed by atoms with Gasteiger partial charge in [0, 0.05) is 25.7 Å². The van der Waals surface area contributed by atoms with Gasteiger partial charge in [0.1, 0.15) is 35.5 Å². The van der Waals surface area contributed by atoms with Crippen LogP contribution in [-0.4, -0.2) is 125 Å². The van der Waals surface area contributed by atoms with Crippen molar-refractivity contribution in [3.8, 4) is 11.8 Å². The van der Waals surface area contributed by atoms with E-state index in [1.54, 1.807) is 90.1 Å². The molecule has 2 aromatic heterocycles. The summed E-state index contributed by atoms with van der Waals surface area (Å²) in [5, 5.41) is 19.1. The van der Waals surface area contributed by atoms with E-state index in [4.69, 9.17) is 23.7 Å². The molecule has 3 saturated heterocycles. The van der Waals surface area contributed by atoms with Gasteiger partial charge >= 0.3 is 24.1 Å². The molecule has 5 heterocycles.